The van der Waals surface area contributed by atoms with Crippen molar-refractivity contribution in [3.8, 4) is 16.9 Å². The van der Waals surface area contributed by atoms with Gasteiger partial charge in [0.05, 0.1) is 7.11 Å². The zero-order valence-electron chi connectivity index (χ0n) is 16.0. The van der Waals surface area contributed by atoms with E-state index in [1.54, 1.807) is 25.6 Å². The van der Waals surface area contributed by atoms with Crippen LogP contribution < -0.4 is 15.8 Å². The lowest BCUT2D eigenvalue weighted by atomic mass is 10.1. The highest BCUT2D eigenvalue weighted by Gasteiger charge is 2.09. The normalized spacial score (nSPS) is 10.8. The number of hydrogen-bond donors (Lipinski definition) is 3. The molecule has 2 aromatic heterocycles. The van der Waals surface area contributed by atoms with Crippen molar-refractivity contribution in [1.29, 1.82) is 0 Å². The predicted molar refractivity (Wildman–Crippen MR) is 113 cm³/mol. The van der Waals surface area contributed by atoms with Crippen LogP contribution in [0.1, 0.15) is 15.9 Å². The van der Waals surface area contributed by atoms with E-state index in [1.807, 2.05) is 42.6 Å². The van der Waals surface area contributed by atoms with Crippen LogP contribution in [-0.2, 0) is 6.42 Å². The fourth-order valence-electron chi connectivity index (χ4n) is 3.23. The molecule has 0 saturated heterocycles. The molecular weight excluding hydrogens is 366 g/mol. The molecule has 4 aromatic rings. The fourth-order valence-corrected chi connectivity index (χ4v) is 3.23. The molecule has 1 amide bonds. The van der Waals surface area contributed by atoms with Crippen LogP contribution in [0.25, 0.3) is 22.0 Å². The summed E-state index contributed by atoms with van der Waals surface area (Å²) in [5.41, 5.74) is 9.96. The molecule has 4 N–H and O–H groups in total. The minimum Gasteiger partial charge on any atom is -0.497 e. The number of hydrogen-bond acceptors (Lipinski definition) is 5. The number of carbonyl (C=O) groups is 1. The van der Waals surface area contributed by atoms with Crippen LogP contribution >= 0.6 is 0 Å². The maximum absolute atomic E-state index is 12.6. The lowest BCUT2D eigenvalue weighted by Gasteiger charge is -2.07. The van der Waals surface area contributed by atoms with Gasteiger partial charge in [-0.25, -0.2) is 9.97 Å². The molecule has 29 heavy (non-hydrogen) atoms. The summed E-state index contributed by atoms with van der Waals surface area (Å²) in [4.78, 5) is 23.8. The van der Waals surface area contributed by atoms with Gasteiger partial charge in [-0.1, -0.05) is 12.1 Å². The lowest BCUT2D eigenvalue weighted by molar-refractivity contribution is 0.0954. The molecule has 0 unspecified atom stereocenters. The van der Waals surface area contributed by atoms with Gasteiger partial charge in [-0.15, -0.1) is 0 Å². The quantitative estimate of drug-likeness (QED) is 0.471. The van der Waals surface area contributed by atoms with Crippen LogP contribution in [0.2, 0.25) is 0 Å². The Kier molecular flexibility index (Phi) is 5.11. The van der Waals surface area contributed by atoms with Crippen LogP contribution in [0.15, 0.2) is 61.1 Å². The third-order valence-electron chi connectivity index (χ3n) is 4.78. The van der Waals surface area contributed by atoms with Gasteiger partial charge in [-0.3, -0.25) is 4.79 Å². The number of nitrogens with zero attached hydrogens (tertiary/aromatic N) is 2. The molecule has 7 nitrogen and oxygen atoms in total. The monoisotopic (exact) mass is 387 g/mol. The summed E-state index contributed by atoms with van der Waals surface area (Å²) in [6.45, 7) is 0.526. The van der Waals surface area contributed by atoms with Crippen molar-refractivity contribution in [3.05, 3.63) is 72.2 Å². The van der Waals surface area contributed by atoms with E-state index in [9.17, 15) is 4.79 Å². The first-order valence-corrected chi connectivity index (χ1v) is 9.24. The van der Waals surface area contributed by atoms with E-state index in [0.29, 0.717) is 18.5 Å². The molecule has 0 aliphatic carbocycles. The Morgan fingerprint density at radius 3 is 2.76 bits per heavy atom. The number of methoxy groups -OCH3 is 1. The number of carbonyl (C=O) groups excluding carboxylic acids is 1. The van der Waals surface area contributed by atoms with E-state index in [1.165, 1.54) is 0 Å². The molecule has 4 rings (SSSR count). The lowest BCUT2D eigenvalue weighted by Crippen LogP contribution is -2.25. The number of nitrogens with one attached hydrogen (secondary N) is 2. The Hall–Kier alpha value is -3.87. The number of anilines is 1. The summed E-state index contributed by atoms with van der Waals surface area (Å²) in [7, 11) is 1.65. The maximum atomic E-state index is 12.6. The number of amides is 1. The van der Waals surface area contributed by atoms with Crippen molar-refractivity contribution in [1.82, 2.24) is 20.3 Å². The van der Waals surface area contributed by atoms with Crippen molar-refractivity contribution in [3.63, 3.8) is 0 Å². The van der Waals surface area contributed by atoms with Gasteiger partial charge < -0.3 is 20.8 Å². The number of aromatic amines is 1. The van der Waals surface area contributed by atoms with E-state index < -0.39 is 0 Å². The summed E-state index contributed by atoms with van der Waals surface area (Å²) in [5.74, 6) is 0.907. The highest BCUT2D eigenvalue weighted by molar-refractivity contribution is 5.95. The van der Waals surface area contributed by atoms with Gasteiger partial charge in [-0.05, 0) is 47.9 Å². The first-order valence-electron chi connectivity index (χ1n) is 9.24. The Balaban J connectivity index is 1.43. The molecule has 0 atom stereocenters. The van der Waals surface area contributed by atoms with E-state index in [-0.39, 0.29) is 11.9 Å². The SMILES string of the molecule is COc1ccc2[nH]cc(CCNC(=O)c3cccc(-c4cnc(N)nc4)c3)c2c1. The summed E-state index contributed by atoms with van der Waals surface area (Å²) in [6, 6.07) is 13.3. The number of nitrogen functional groups attached to an aromatic ring is 1. The molecule has 0 bridgehead atoms. The van der Waals surface area contributed by atoms with Crippen LogP contribution in [0, 0.1) is 0 Å². The third-order valence-corrected chi connectivity index (χ3v) is 4.78. The van der Waals surface area contributed by atoms with Gasteiger partial charge in [-0.2, -0.15) is 0 Å². The van der Waals surface area contributed by atoms with Crippen LogP contribution in [-0.4, -0.2) is 34.5 Å². The molecule has 0 spiro atoms. The summed E-state index contributed by atoms with van der Waals surface area (Å²) in [6.07, 6.45) is 5.97. The molecule has 2 heterocycles. The summed E-state index contributed by atoms with van der Waals surface area (Å²) >= 11 is 0. The van der Waals surface area contributed by atoms with Crippen molar-refractivity contribution >= 4 is 22.8 Å². The number of rotatable bonds is 6. The number of nitrogens with two attached hydrogens (primary N) is 1. The first kappa shape index (κ1) is 18.5. The van der Waals surface area contributed by atoms with Crippen LogP contribution in [0.3, 0.4) is 0 Å². The molecule has 0 aliphatic rings. The molecular formula is C22H21N5O2. The van der Waals surface area contributed by atoms with E-state index in [4.69, 9.17) is 10.5 Å². The van der Waals surface area contributed by atoms with Gasteiger partial charge in [0.1, 0.15) is 5.75 Å². The highest BCUT2D eigenvalue weighted by Crippen LogP contribution is 2.24. The summed E-state index contributed by atoms with van der Waals surface area (Å²) in [5, 5.41) is 4.08. The Bertz CT molecular complexity index is 1150. The Labute approximate surface area is 168 Å². The molecule has 7 heteroatoms. The number of aromatic nitrogens is 3. The topological polar surface area (TPSA) is 106 Å². The second-order valence-electron chi connectivity index (χ2n) is 6.64. The van der Waals surface area contributed by atoms with Gasteiger partial charge in [0.15, 0.2) is 0 Å². The van der Waals surface area contributed by atoms with E-state index >= 15 is 0 Å². The molecule has 2 aromatic carbocycles. The molecule has 0 aliphatic heterocycles. The van der Waals surface area contributed by atoms with E-state index in [0.717, 1.165) is 33.3 Å². The van der Waals surface area contributed by atoms with Gasteiger partial charge in [0.25, 0.3) is 5.91 Å². The predicted octanol–water partition coefficient (Wildman–Crippen LogP) is 3.19. The molecule has 0 radical (unpaired) electrons. The van der Waals surface area contributed by atoms with Crippen LogP contribution in [0.5, 0.6) is 5.75 Å². The highest BCUT2D eigenvalue weighted by atomic mass is 16.5. The van der Waals surface area contributed by atoms with Crippen molar-refractivity contribution in [2.24, 2.45) is 0 Å². The minimum atomic E-state index is -0.124. The summed E-state index contributed by atoms with van der Waals surface area (Å²) < 4.78 is 5.30. The van der Waals surface area contributed by atoms with Gasteiger partial charge in [0.2, 0.25) is 5.95 Å². The number of H-pyrrole nitrogens is 1. The van der Waals surface area contributed by atoms with Crippen molar-refractivity contribution in [2.75, 3.05) is 19.4 Å². The third kappa shape index (κ3) is 4.03. The Morgan fingerprint density at radius 2 is 1.97 bits per heavy atom. The van der Waals surface area contributed by atoms with Crippen molar-refractivity contribution in [2.45, 2.75) is 6.42 Å². The molecule has 0 saturated carbocycles. The second kappa shape index (κ2) is 8.02. The smallest absolute Gasteiger partial charge is 0.251 e. The molecule has 146 valence electrons. The first-order chi connectivity index (χ1) is 14.1. The largest absolute Gasteiger partial charge is 0.497 e. The van der Waals surface area contributed by atoms with E-state index in [2.05, 4.69) is 20.3 Å². The van der Waals surface area contributed by atoms with Crippen LogP contribution in [0.4, 0.5) is 5.95 Å². The second-order valence-corrected chi connectivity index (χ2v) is 6.64. The van der Waals surface area contributed by atoms with Gasteiger partial charge >= 0.3 is 0 Å². The maximum Gasteiger partial charge on any atom is 0.251 e. The fraction of sp³-hybridized carbons (Fsp3) is 0.136. The number of fused-ring (bicyclic) bond motifs is 1. The average molecular weight is 387 g/mol. The zero-order valence-corrected chi connectivity index (χ0v) is 16.0. The van der Waals surface area contributed by atoms with Gasteiger partial charge in [0, 0.05) is 47.2 Å². The average Bonchev–Trinajstić information content (AvgIpc) is 3.16. The standard InChI is InChI=1S/C22H21N5O2/c1-29-18-5-6-20-19(10-18)16(11-25-20)7-8-24-21(28)15-4-2-3-14(9-15)17-12-26-22(23)27-13-17/h2-6,9-13,25H,7-8H2,1H3,(H,24,28)(H2,23,26,27). The minimum absolute atomic E-state index is 0.124. The molecule has 0 fully saturated rings. The Morgan fingerprint density at radius 1 is 1.14 bits per heavy atom. The van der Waals surface area contributed by atoms with Crippen molar-refractivity contribution < 1.29 is 9.53 Å². The number of ether oxygens (including phenoxy) is 1. The zero-order chi connectivity index (χ0) is 20.2. The number of benzene rings is 2.